The lowest BCUT2D eigenvalue weighted by Crippen LogP contribution is -2.52. The van der Waals surface area contributed by atoms with Crippen LogP contribution in [0.3, 0.4) is 0 Å². The summed E-state index contributed by atoms with van der Waals surface area (Å²) in [4.78, 5) is 0. The Bertz CT molecular complexity index is 586. The Hall–Kier alpha value is -0.380. The van der Waals surface area contributed by atoms with Gasteiger partial charge in [-0.15, -0.1) is 0 Å². The van der Waals surface area contributed by atoms with Crippen LogP contribution in [-0.4, -0.2) is 34.6 Å². The molecule has 3 heteroatoms. The smallest absolute Gasteiger partial charge is 0.111 e. The van der Waals surface area contributed by atoms with Crippen molar-refractivity contribution in [3.05, 3.63) is 11.6 Å². The molecule has 4 fully saturated rings. The number of ether oxygens (including phenoxy) is 1. The number of allylic oxidation sites excluding steroid dienone is 1. The molecule has 0 radical (unpaired) electrons. The van der Waals surface area contributed by atoms with Crippen molar-refractivity contribution in [3.8, 4) is 0 Å². The van der Waals surface area contributed by atoms with E-state index in [9.17, 15) is 10.2 Å². The maximum Gasteiger partial charge on any atom is 0.111 e. The lowest BCUT2D eigenvalue weighted by Gasteiger charge is -2.57. The first-order valence-corrected chi connectivity index (χ1v) is 10.1. The molecule has 1 spiro atoms. The maximum absolute atomic E-state index is 10.1. The molecule has 1 saturated heterocycles. The minimum Gasteiger partial charge on any atom is -0.394 e. The molecule has 4 unspecified atom stereocenters. The highest BCUT2D eigenvalue weighted by Gasteiger charge is 2.74. The van der Waals surface area contributed by atoms with Crippen LogP contribution in [0.5, 0.6) is 0 Å². The predicted molar refractivity (Wildman–Crippen MR) is 92.4 cm³/mol. The maximum atomic E-state index is 10.1. The summed E-state index contributed by atoms with van der Waals surface area (Å²) in [5, 5.41) is 19.7. The van der Waals surface area contributed by atoms with E-state index in [1.165, 1.54) is 25.7 Å². The largest absolute Gasteiger partial charge is 0.394 e. The SMILES string of the molecule is C[C@]12CC[C@H](O)CC1=CCC1C2CC[C@@]2(C)C1CC[C@@]21OC1CO. The van der Waals surface area contributed by atoms with E-state index in [1.807, 2.05) is 0 Å². The molecule has 0 aromatic rings. The van der Waals surface area contributed by atoms with E-state index >= 15 is 0 Å². The van der Waals surface area contributed by atoms with Crippen molar-refractivity contribution >= 4 is 0 Å². The second kappa shape index (κ2) is 4.86. The molecule has 5 rings (SSSR count). The molecular weight excluding hydrogens is 300 g/mol. The fraction of sp³-hybridized carbons (Fsp3) is 0.905. The third kappa shape index (κ3) is 1.74. The first-order valence-electron chi connectivity index (χ1n) is 10.1. The van der Waals surface area contributed by atoms with Gasteiger partial charge in [0.15, 0.2) is 0 Å². The van der Waals surface area contributed by atoms with Crippen molar-refractivity contribution < 1.29 is 14.9 Å². The zero-order chi connectivity index (χ0) is 16.7. The molecule has 0 aromatic carbocycles. The molecule has 24 heavy (non-hydrogen) atoms. The molecule has 1 aliphatic heterocycles. The highest BCUT2D eigenvalue weighted by atomic mass is 16.6. The van der Waals surface area contributed by atoms with Crippen LogP contribution in [0.4, 0.5) is 0 Å². The number of rotatable bonds is 1. The summed E-state index contributed by atoms with van der Waals surface area (Å²) in [6, 6.07) is 0. The van der Waals surface area contributed by atoms with E-state index in [0.717, 1.165) is 43.4 Å². The molecule has 5 aliphatic rings. The predicted octanol–water partition coefficient (Wildman–Crippen LogP) is 3.44. The second-order valence-corrected chi connectivity index (χ2v) is 9.83. The molecule has 134 valence electrons. The Morgan fingerprint density at radius 1 is 1.12 bits per heavy atom. The van der Waals surface area contributed by atoms with Crippen molar-refractivity contribution in [2.24, 2.45) is 28.6 Å². The van der Waals surface area contributed by atoms with Gasteiger partial charge in [0, 0.05) is 5.41 Å². The van der Waals surface area contributed by atoms with E-state index in [1.54, 1.807) is 5.57 Å². The van der Waals surface area contributed by atoms with Crippen molar-refractivity contribution in [2.45, 2.75) is 83.0 Å². The topological polar surface area (TPSA) is 53.0 Å². The Morgan fingerprint density at radius 3 is 2.67 bits per heavy atom. The third-order valence-corrected chi connectivity index (χ3v) is 9.24. The van der Waals surface area contributed by atoms with Gasteiger partial charge in [0.25, 0.3) is 0 Å². The standard InChI is InChI=1S/C21H32O3/c1-19-8-5-14(23)11-13(19)3-4-15-16(19)6-9-20(2)17(15)7-10-21(20)18(12-22)24-21/h3,14-18,22-23H,4-12H2,1-2H3/t14-,15?,16?,17?,18?,19-,20-,21-/m0/s1. The van der Waals surface area contributed by atoms with Crippen LogP contribution in [-0.2, 0) is 4.74 Å². The Kier molecular flexibility index (Phi) is 3.21. The first kappa shape index (κ1) is 15.8. The number of aliphatic hydroxyl groups is 2. The second-order valence-electron chi connectivity index (χ2n) is 9.83. The average molecular weight is 332 g/mol. The van der Waals surface area contributed by atoms with Gasteiger partial charge in [-0.2, -0.15) is 0 Å². The highest BCUT2D eigenvalue weighted by molar-refractivity contribution is 5.28. The van der Waals surface area contributed by atoms with Crippen molar-refractivity contribution in [1.82, 2.24) is 0 Å². The summed E-state index contributed by atoms with van der Waals surface area (Å²) in [5.74, 6) is 2.30. The number of fused-ring (bicyclic) bond motifs is 6. The summed E-state index contributed by atoms with van der Waals surface area (Å²) in [5.41, 5.74) is 2.12. The summed E-state index contributed by atoms with van der Waals surface area (Å²) in [6.07, 6.45) is 11.7. The lowest BCUT2D eigenvalue weighted by molar-refractivity contribution is -0.0558. The number of epoxide rings is 1. The lowest BCUT2D eigenvalue weighted by atomic mass is 9.47. The van der Waals surface area contributed by atoms with Gasteiger partial charge in [0.1, 0.15) is 11.7 Å². The molecular formula is C21H32O3. The van der Waals surface area contributed by atoms with E-state index in [-0.39, 0.29) is 29.8 Å². The van der Waals surface area contributed by atoms with Crippen molar-refractivity contribution in [2.75, 3.05) is 6.61 Å². The van der Waals surface area contributed by atoms with E-state index in [2.05, 4.69) is 19.9 Å². The summed E-state index contributed by atoms with van der Waals surface area (Å²) >= 11 is 0. The molecule has 8 atom stereocenters. The fourth-order valence-electron chi connectivity index (χ4n) is 7.80. The molecule has 3 saturated carbocycles. The quantitative estimate of drug-likeness (QED) is 0.571. The Labute approximate surface area is 145 Å². The minimum absolute atomic E-state index is 0.00889. The Balaban J connectivity index is 1.47. The van der Waals surface area contributed by atoms with E-state index in [0.29, 0.717) is 5.41 Å². The van der Waals surface area contributed by atoms with Crippen LogP contribution in [0.1, 0.15) is 65.2 Å². The fourth-order valence-corrected chi connectivity index (χ4v) is 7.80. The van der Waals surface area contributed by atoms with Gasteiger partial charge in [0.2, 0.25) is 0 Å². The zero-order valence-electron chi connectivity index (χ0n) is 15.1. The van der Waals surface area contributed by atoms with Gasteiger partial charge in [-0.1, -0.05) is 25.5 Å². The van der Waals surface area contributed by atoms with Crippen molar-refractivity contribution in [1.29, 1.82) is 0 Å². The molecule has 1 heterocycles. The van der Waals surface area contributed by atoms with Gasteiger partial charge in [0.05, 0.1) is 12.7 Å². The highest BCUT2D eigenvalue weighted by Crippen LogP contribution is 2.72. The van der Waals surface area contributed by atoms with Crippen LogP contribution in [0.15, 0.2) is 11.6 Å². The summed E-state index contributed by atoms with van der Waals surface area (Å²) in [7, 11) is 0. The van der Waals surface area contributed by atoms with Gasteiger partial charge < -0.3 is 14.9 Å². The monoisotopic (exact) mass is 332 g/mol. The van der Waals surface area contributed by atoms with E-state index in [4.69, 9.17) is 4.74 Å². The van der Waals surface area contributed by atoms with Gasteiger partial charge in [-0.25, -0.2) is 0 Å². The molecule has 4 aliphatic carbocycles. The Morgan fingerprint density at radius 2 is 1.92 bits per heavy atom. The molecule has 2 N–H and O–H groups in total. The van der Waals surface area contributed by atoms with Crippen LogP contribution >= 0.6 is 0 Å². The van der Waals surface area contributed by atoms with Crippen LogP contribution in [0.25, 0.3) is 0 Å². The number of hydrogen-bond donors (Lipinski definition) is 2. The van der Waals surface area contributed by atoms with Crippen LogP contribution in [0.2, 0.25) is 0 Å². The first-order chi connectivity index (χ1) is 11.4. The number of aliphatic hydroxyl groups excluding tert-OH is 2. The van der Waals surface area contributed by atoms with Gasteiger partial charge in [-0.3, -0.25) is 0 Å². The van der Waals surface area contributed by atoms with E-state index < -0.39 is 0 Å². The normalized spacial score (nSPS) is 58.7. The summed E-state index contributed by atoms with van der Waals surface area (Å²) in [6.45, 7) is 5.14. The molecule has 3 nitrogen and oxygen atoms in total. The minimum atomic E-state index is -0.116. The van der Waals surface area contributed by atoms with Gasteiger partial charge >= 0.3 is 0 Å². The third-order valence-electron chi connectivity index (χ3n) is 9.24. The van der Waals surface area contributed by atoms with Gasteiger partial charge in [-0.05, 0) is 74.5 Å². The zero-order valence-corrected chi connectivity index (χ0v) is 15.1. The van der Waals surface area contributed by atoms with Crippen LogP contribution < -0.4 is 0 Å². The molecule has 0 aromatic heterocycles. The average Bonchev–Trinajstić information content (AvgIpc) is 3.21. The van der Waals surface area contributed by atoms with Crippen molar-refractivity contribution in [3.63, 3.8) is 0 Å². The molecule has 0 bridgehead atoms. The molecule has 0 amide bonds. The summed E-state index contributed by atoms with van der Waals surface area (Å²) < 4.78 is 6.11. The van der Waals surface area contributed by atoms with Crippen LogP contribution in [0, 0.1) is 28.6 Å². The number of hydrogen-bond acceptors (Lipinski definition) is 3.